The fourth-order valence-corrected chi connectivity index (χ4v) is 1.23. The van der Waals surface area contributed by atoms with E-state index in [4.69, 9.17) is 0 Å². The van der Waals surface area contributed by atoms with Gasteiger partial charge in [-0.05, 0) is 6.42 Å². The van der Waals surface area contributed by atoms with Crippen LogP contribution in [0, 0.1) is 0 Å². The molecule has 1 saturated heterocycles. The molecule has 0 aliphatic carbocycles. The number of alkyl halides is 1. The summed E-state index contributed by atoms with van der Waals surface area (Å²) in [5.41, 5.74) is 0. The van der Waals surface area contributed by atoms with Crippen LogP contribution in [0.2, 0.25) is 0 Å². The predicted molar refractivity (Wildman–Crippen MR) is 38.9 cm³/mol. The van der Waals surface area contributed by atoms with Crippen LogP contribution in [0.3, 0.4) is 0 Å². The van der Waals surface area contributed by atoms with Crippen molar-refractivity contribution < 1.29 is 9.59 Å². The van der Waals surface area contributed by atoms with Gasteiger partial charge in [0.1, 0.15) is 6.04 Å². The van der Waals surface area contributed by atoms with Gasteiger partial charge in [-0.25, -0.2) is 4.79 Å². The topological polar surface area (TPSA) is 58.2 Å². The molecule has 0 aromatic carbocycles. The van der Waals surface area contributed by atoms with Crippen molar-refractivity contribution in [2.45, 2.75) is 12.5 Å². The van der Waals surface area contributed by atoms with Crippen molar-refractivity contribution in [1.82, 2.24) is 10.6 Å². The maximum absolute atomic E-state index is 10.8. The predicted octanol–water partition coefficient (Wildman–Crippen LogP) is -0.0206. The molecule has 0 radical (unpaired) electrons. The Morgan fingerprint density at radius 2 is 2.20 bits per heavy atom. The summed E-state index contributed by atoms with van der Waals surface area (Å²) in [6.45, 7) is 0. The molecular formula is C5H7BrN2O2. The van der Waals surface area contributed by atoms with E-state index < -0.39 is 6.03 Å². The molecule has 0 spiro atoms. The molecule has 1 heterocycles. The SMILES string of the molecule is O=C1NC(=O)C(CCBr)N1. The van der Waals surface area contributed by atoms with Crippen LogP contribution in [0.4, 0.5) is 4.79 Å². The summed E-state index contributed by atoms with van der Waals surface area (Å²) in [7, 11) is 0. The average molecular weight is 207 g/mol. The molecule has 1 unspecified atom stereocenters. The first kappa shape index (κ1) is 7.53. The number of nitrogens with one attached hydrogen (secondary N) is 2. The second-order valence-corrected chi connectivity index (χ2v) is 2.79. The molecule has 1 aliphatic heterocycles. The highest BCUT2D eigenvalue weighted by molar-refractivity contribution is 9.09. The number of halogens is 1. The molecule has 1 fully saturated rings. The van der Waals surface area contributed by atoms with Gasteiger partial charge in [0.15, 0.2) is 0 Å². The van der Waals surface area contributed by atoms with Crippen LogP contribution in [0.5, 0.6) is 0 Å². The summed E-state index contributed by atoms with van der Waals surface area (Å²) in [5.74, 6) is -0.232. The van der Waals surface area contributed by atoms with Gasteiger partial charge in [0.2, 0.25) is 0 Å². The zero-order chi connectivity index (χ0) is 7.56. The van der Waals surface area contributed by atoms with Gasteiger partial charge >= 0.3 is 6.03 Å². The van der Waals surface area contributed by atoms with Gasteiger partial charge < -0.3 is 5.32 Å². The molecule has 0 bridgehead atoms. The van der Waals surface area contributed by atoms with Gasteiger partial charge in [0.25, 0.3) is 5.91 Å². The van der Waals surface area contributed by atoms with E-state index in [0.29, 0.717) is 11.8 Å². The molecule has 4 nitrogen and oxygen atoms in total. The Labute approximate surface area is 66.5 Å². The fraction of sp³-hybridized carbons (Fsp3) is 0.600. The third-order valence-electron chi connectivity index (χ3n) is 1.26. The van der Waals surface area contributed by atoms with E-state index in [1.807, 2.05) is 0 Å². The van der Waals surface area contributed by atoms with Gasteiger partial charge in [-0.1, -0.05) is 15.9 Å². The largest absolute Gasteiger partial charge is 0.326 e. The maximum Gasteiger partial charge on any atom is 0.322 e. The minimum atomic E-state index is -0.393. The molecule has 56 valence electrons. The van der Waals surface area contributed by atoms with Crippen molar-refractivity contribution >= 4 is 27.9 Å². The number of imide groups is 1. The Hall–Kier alpha value is -0.580. The van der Waals surface area contributed by atoms with E-state index in [1.54, 1.807) is 0 Å². The first-order chi connectivity index (χ1) is 4.74. The maximum atomic E-state index is 10.8. The highest BCUT2D eigenvalue weighted by Crippen LogP contribution is 2.00. The lowest BCUT2D eigenvalue weighted by Crippen LogP contribution is -2.28. The first-order valence-corrected chi connectivity index (χ1v) is 4.03. The van der Waals surface area contributed by atoms with E-state index in [0.717, 1.165) is 0 Å². The van der Waals surface area contributed by atoms with Crippen LogP contribution < -0.4 is 10.6 Å². The molecule has 1 atom stereocenters. The Morgan fingerprint density at radius 1 is 1.50 bits per heavy atom. The summed E-state index contributed by atoms with van der Waals surface area (Å²) < 4.78 is 0. The van der Waals surface area contributed by atoms with Gasteiger partial charge in [-0.3, -0.25) is 10.1 Å². The third-order valence-corrected chi connectivity index (χ3v) is 1.71. The minimum Gasteiger partial charge on any atom is -0.326 e. The van der Waals surface area contributed by atoms with Gasteiger partial charge in [-0.2, -0.15) is 0 Å². The molecule has 0 aromatic rings. The molecule has 5 heteroatoms. The van der Waals surface area contributed by atoms with Crippen molar-refractivity contribution in [1.29, 1.82) is 0 Å². The van der Waals surface area contributed by atoms with Gasteiger partial charge in [0.05, 0.1) is 0 Å². The van der Waals surface area contributed by atoms with Crippen LogP contribution in [0.1, 0.15) is 6.42 Å². The number of carbonyl (C=O) groups is 2. The summed E-state index contributed by atoms with van der Waals surface area (Å²) in [4.78, 5) is 21.2. The Kier molecular flexibility index (Phi) is 2.26. The second kappa shape index (κ2) is 3.01. The van der Waals surface area contributed by atoms with E-state index >= 15 is 0 Å². The number of rotatable bonds is 2. The smallest absolute Gasteiger partial charge is 0.322 e. The highest BCUT2D eigenvalue weighted by atomic mass is 79.9. The molecule has 0 saturated carbocycles. The average Bonchev–Trinajstić information content (AvgIpc) is 2.13. The number of carbonyl (C=O) groups excluding carboxylic acids is 2. The fourth-order valence-electron chi connectivity index (χ4n) is 0.771. The van der Waals surface area contributed by atoms with Crippen LogP contribution in [-0.4, -0.2) is 23.3 Å². The van der Waals surface area contributed by atoms with E-state index in [9.17, 15) is 9.59 Å². The van der Waals surface area contributed by atoms with Crippen LogP contribution in [0.25, 0.3) is 0 Å². The van der Waals surface area contributed by atoms with Crippen molar-refractivity contribution in [2.24, 2.45) is 0 Å². The molecular weight excluding hydrogens is 200 g/mol. The van der Waals surface area contributed by atoms with Crippen LogP contribution >= 0.6 is 15.9 Å². The molecule has 3 amide bonds. The van der Waals surface area contributed by atoms with Crippen molar-refractivity contribution in [3.05, 3.63) is 0 Å². The van der Waals surface area contributed by atoms with Crippen molar-refractivity contribution in [2.75, 3.05) is 5.33 Å². The van der Waals surface area contributed by atoms with Crippen LogP contribution in [-0.2, 0) is 4.79 Å². The molecule has 10 heavy (non-hydrogen) atoms. The number of hydrogen-bond donors (Lipinski definition) is 2. The summed E-state index contributed by atoms with van der Waals surface area (Å²) in [6, 6.07) is -0.733. The Balaban J connectivity index is 2.46. The Morgan fingerprint density at radius 3 is 2.60 bits per heavy atom. The molecule has 1 rings (SSSR count). The molecule has 1 aliphatic rings. The van der Waals surface area contributed by atoms with Crippen molar-refractivity contribution in [3.63, 3.8) is 0 Å². The summed E-state index contributed by atoms with van der Waals surface area (Å²) >= 11 is 3.18. The minimum absolute atomic E-state index is 0.232. The zero-order valence-electron chi connectivity index (χ0n) is 5.19. The van der Waals surface area contributed by atoms with Crippen molar-refractivity contribution in [3.8, 4) is 0 Å². The van der Waals surface area contributed by atoms with E-state index in [1.165, 1.54) is 0 Å². The van der Waals surface area contributed by atoms with Crippen LogP contribution in [0.15, 0.2) is 0 Å². The number of hydrogen-bond acceptors (Lipinski definition) is 2. The van der Waals surface area contributed by atoms with Gasteiger partial charge in [0, 0.05) is 5.33 Å². The van der Waals surface area contributed by atoms with Gasteiger partial charge in [-0.15, -0.1) is 0 Å². The lowest BCUT2D eigenvalue weighted by atomic mass is 10.2. The normalized spacial score (nSPS) is 24.3. The monoisotopic (exact) mass is 206 g/mol. The summed E-state index contributed by atoms with van der Waals surface area (Å²) in [5, 5.41) is 5.33. The molecule has 0 aromatic heterocycles. The third kappa shape index (κ3) is 1.47. The quantitative estimate of drug-likeness (QED) is 0.493. The van der Waals surface area contributed by atoms with E-state index in [-0.39, 0.29) is 11.9 Å². The Bertz CT molecular complexity index is 171. The highest BCUT2D eigenvalue weighted by Gasteiger charge is 2.28. The number of amides is 3. The standard InChI is InChI=1S/C5H7BrN2O2/c6-2-1-3-4(9)8-5(10)7-3/h3H,1-2H2,(H2,7,8,9,10). The molecule has 2 N–H and O–H groups in total. The lowest BCUT2D eigenvalue weighted by Gasteiger charge is -2.01. The second-order valence-electron chi connectivity index (χ2n) is 1.99. The van der Waals surface area contributed by atoms with E-state index in [2.05, 4.69) is 26.6 Å². The first-order valence-electron chi connectivity index (χ1n) is 2.91. The zero-order valence-corrected chi connectivity index (χ0v) is 6.77. The lowest BCUT2D eigenvalue weighted by molar-refractivity contribution is -0.120. The summed E-state index contributed by atoms with van der Waals surface area (Å²) in [6.07, 6.45) is 0.636. The number of urea groups is 1.